The highest BCUT2D eigenvalue weighted by Crippen LogP contribution is 2.31. The number of rotatable bonds is 4. The van der Waals surface area contributed by atoms with E-state index in [2.05, 4.69) is 19.2 Å². The van der Waals surface area contributed by atoms with Crippen LogP contribution in [0.3, 0.4) is 0 Å². The van der Waals surface area contributed by atoms with E-state index in [4.69, 9.17) is 4.74 Å². The normalized spacial score (nSPS) is 24.8. The molecule has 0 aromatic carbocycles. The molecule has 2 heterocycles. The molecular weight excluding hydrogens is 370 g/mol. The van der Waals surface area contributed by atoms with E-state index < -0.39 is 11.7 Å². The van der Waals surface area contributed by atoms with E-state index in [1.54, 1.807) is 4.90 Å². The Morgan fingerprint density at radius 1 is 1.10 bits per heavy atom. The highest BCUT2D eigenvalue weighted by molar-refractivity contribution is 5.88. The van der Waals surface area contributed by atoms with Crippen molar-refractivity contribution in [2.24, 2.45) is 5.41 Å². The molecule has 0 bridgehead atoms. The number of amides is 3. The Hall–Kier alpha value is -1.79. The molecule has 29 heavy (non-hydrogen) atoms. The van der Waals surface area contributed by atoms with Crippen LogP contribution in [-0.4, -0.2) is 65.0 Å². The molecule has 0 spiro atoms. The van der Waals surface area contributed by atoms with Gasteiger partial charge in [0.1, 0.15) is 11.6 Å². The zero-order valence-corrected chi connectivity index (χ0v) is 19.0. The molecule has 3 amide bonds. The summed E-state index contributed by atoms with van der Waals surface area (Å²) in [7, 11) is 0. The van der Waals surface area contributed by atoms with Gasteiger partial charge in [-0.1, -0.05) is 20.8 Å². The molecule has 0 aromatic rings. The van der Waals surface area contributed by atoms with Gasteiger partial charge in [0.15, 0.2) is 0 Å². The second-order valence-electron chi connectivity index (χ2n) is 10.1. The number of ether oxygens (including phenoxy) is 1. The second-order valence-corrected chi connectivity index (χ2v) is 10.1. The molecule has 166 valence electrons. The molecule has 2 fully saturated rings. The van der Waals surface area contributed by atoms with Crippen molar-refractivity contribution in [2.75, 3.05) is 19.6 Å². The molecule has 2 aliphatic heterocycles. The molecule has 0 aromatic heterocycles. The van der Waals surface area contributed by atoms with Crippen LogP contribution in [0.25, 0.3) is 0 Å². The zero-order valence-electron chi connectivity index (χ0n) is 19.0. The van der Waals surface area contributed by atoms with Crippen LogP contribution in [0.1, 0.15) is 80.1 Å². The average Bonchev–Trinajstić information content (AvgIpc) is 2.61. The molecule has 1 N–H and O–H groups in total. The maximum absolute atomic E-state index is 13.3. The van der Waals surface area contributed by atoms with E-state index in [0.717, 1.165) is 25.7 Å². The number of hydrogen-bond acceptors (Lipinski definition) is 4. The Kier molecular flexibility index (Phi) is 7.57. The van der Waals surface area contributed by atoms with E-state index in [1.807, 2.05) is 32.6 Å². The fraction of sp³-hybridized carbons (Fsp3) is 0.864. The number of carbonyl (C=O) groups excluding carboxylic acids is 3. The standard InChI is InChI=1S/C22H39N3O4/c1-7-10-18(26)25-13-9-8-11-16(25)19(27)24-14-12-17(22(5,6)15-24)23-20(28)29-21(2,3)4/h16-17H,7-15H2,1-6H3,(H,23,28)/t16-,17+/m1/s1. The van der Waals surface area contributed by atoms with Crippen LogP contribution in [-0.2, 0) is 14.3 Å². The number of carbonyl (C=O) groups is 3. The van der Waals surface area contributed by atoms with E-state index in [1.165, 1.54) is 0 Å². The highest BCUT2D eigenvalue weighted by atomic mass is 16.6. The minimum Gasteiger partial charge on any atom is -0.444 e. The first kappa shape index (κ1) is 23.5. The maximum Gasteiger partial charge on any atom is 0.407 e. The van der Waals surface area contributed by atoms with Crippen molar-refractivity contribution in [3.63, 3.8) is 0 Å². The first-order valence-corrected chi connectivity index (χ1v) is 11.0. The van der Waals surface area contributed by atoms with Gasteiger partial charge in [-0.05, 0) is 52.9 Å². The Morgan fingerprint density at radius 2 is 1.79 bits per heavy atom. The molecule has 0 aliphatic carbocycles. The van der Waals surface area contributed by atoms with Crippen molar-refractivity contribution in [3.8, 4) is 0 Å². The van der Waals surface area contributed by atoms with Gasteiger partial charge in [0, 0.05) is 37.5 Å². The number of hydrogen-bond donors (Lipinski definition) is 1. The van der Waals surface area contributed by atoms with Crippen LogP contribution in [0.5, 0.6) is 0 Å². The molecule has 7 heteroatoms. The summed E-state index contributed by atoms with van der Waals surface area (Å²) in [4.78, 5) is 41.7. The quantitative estimate of drug-likeness (QED) is 0.772. The van der Waals surface area contributed by atoms with E-state index >= 15 is 0 Å². The van der Waals surface area contributed by atoms with Gasteiger partial charge in [0.2, 0.25) is 11.8 Å². The average molecular weight is 410 g/mol. The minimum absolute atomic E-state index is 0.0537. The summed E-state index contributed by atoms with van der Waals surface area (Å²) in [6, 6.07) is -0.403. The Balaban J connectivity index is 2.01. The molecule has 2 rings (SSSR count). The molecule has 2 atom stereocenters. The summed E-state index contributed by atoms with van der Waals surface area (Å²) in [5, 5.41) is 2.98. The molecule has 2 saturated heterocycles. The van der Waals surface area contributed by atoms with Gasteiger partial charge >= 0.3 is 6.09 Å². The third-order valence-corrected chi connectivity index (χ3v) is 5.80. The molecule has 2 aliphatic rings. The summed E-state index contributed by atoms with van der Waals surface area (Å²) in [5.41, 5.74) is -0.821. The summed E-state index contributed by atoms with van der Waals surface area (Å²) in [6.45, 7) is 13.5. The van der Waals surface area contributed by atoms with Gasteiger partial charge in [-0.15, -0.1) is 0 Å². The second kappa shape index (κ2) is 9.35. The van der Waals surface area contributed by atoms with Gasteiger partial charge in [-0.3, -0.25) is 9.59 Å². The van der Waals surface area contributed by atoms with Gasteiger partial charge < -0.3 is 19.9 Å². The Labute approximate surface area is 175 Å². The van der Waals surface area contributed by atoms with Crippen LogP contribution in [0, 0.1) is 5.41 Å². The molecule has 0 radical (unpaired) electrons. The van der Waals surface area contributed by atoms with Crippen molar-refractivity contribution in [1.29, 1.82) is 0 Å². The minimum atomic E-state index is -0.541. The van der Waals surface area contributed by atoms with Crippen molar-refractivity contribution in [2.45, 2.75) is 97.8 Å². The number of alkyl carbamates (subject to hydrolysis) is 1. The number of piperidine rings is 2. The summed E-state index contributed by atoms with van der Waals surface area (Å²) in [5.74, 6) is 0.143. The van der Waals surface area contributed by atoms with Crippen LogP contribution in [0.15, 0.2) is 0 Å². The lowest BCUT2D eigenvalue weighted by Crippen LogP contribution is -2.60. The fourth-order valence-corrected chi connectivity index (χ4v) is 4.32. The first-order chi connectivity index (χ1) is 13.4. The Bertz CT molecular complexity index is 612. The number of nitrogens with zero attached hydrogens (tertiary/aromatic N) is 2. The highest BCUT2D eigenvalue weighted by Gasteiger charge is 2.42. The van der Waals surface area contributed by atoms with Gasteiger partial charge in [-0.2, -0.15) is 0 Å². The lowest BCUT2D eigenvalue weighted by molar-refractivity contribution is -0.150. The Morgan fingerprint density at radius 3 is 2.38 bits per heavy atom. The van der Waals surface area contributed by atoms with Crippen LogP contribution in [0.2, 0.25) is 0 Å². The van der Waals surface area contributed by atoms with Crippen molar-refractivity contribution in [3.05, 3.63) is 0 Å². The topological polar surface area (TPSA) is 79.0 Å². The molecule has 0 saturated carbocycles. The van der Waals surface area contributed by atoms with Crippen LogP contribution < -0.4 is 5.32 Å². The van der Waals surface area contributed by atoms with E-state index in [-0.39, 0.29) is 29.3 Å². The SMILES string of the molecule is CCCC(=O)N1CCCC[C@@H]1C(=O)N1CC[C@H](NC(=O)OC(C)(C)C)C(C)(C)C1. The van der Waals surface area contributed by atoms with Crippen LogP contribution >= 0.6 is 0 Å². The molecule has 0 unspecified atom stereocenters. The first-order valence-electron chi connectivity index (χ1n) is 11.0. The summed E-state index contributed by atoms with van der Waals surface area (Å²) < 4.78 is 5.39. The zero-order chi connectivity index (χ0) is 21.8. The van der Waals surface area contributed by atoms with Crippen LogP contribution in [0.4, 0.5) is 4.79 Å². The number of likely N-dealkylation sites (tertiary alicyclic amines) is 2. The number of nitrogens with one attached hydrogen (secondary N) is 1. The van der Waals surface area contributed by atoms with Gasteiger partial charge in [0.05, 0.1) is 0 Å². The third kappa shape index (κ3) is 6.34. The van der Waals surface area contributed by atoms with Crippen molar-refractivity contribution < 1.29 is 19.1 Å². The lowest BCUT2D eigenvalue weighted by Gasteiger charge is -2.46. The maximum atomic E-state index is 13.3. The van der Waals surface area contributed by atoms with E-state index in [0.29, 0.717) is 32.5 Å². The third-order valence-electron chi connectivity index (χ3n) is 5.80. The lowest BCUT2D eigenvalue weighted by atomic mass is 9.78. The predicted molar refractivity (Wildman–Crippen MR) is 112 cm³/mol. The van der Waals surface area contributed by atoms with E-state index in [9.17, 15) is 14.4 Å². The van der Waals surface area contributed by atoms with Crippen molar-refractivity contribution >= 4 is 17.9 Å². The monoisotopic (exact) mass is 409 g/mol. The van der Waals surface area contributed by atoms with Gasteiger partial charge in [-0.25, -0.2) is 4.79 Å². The smallest absolute Gasteiger partial charge is 0.407 e. The largest absolute Gasteiger partial charge is 0.444 e. The summed E-state index contributed by atoms with van der Waals surface area (Å²) in [6.07, 6.45) is 4.23. The predicted octanol–water partition coefficient (Wildman–Crippen LogP) is 3.32. The fourth-order valence-electron chi connectivity index (χ4n) is 4.32. The summed E-state index contributed by atoms with van der Waals surface area (Å²) >= 11 is 0. The van der Waals surface area contributed by atoms with Crippen molar-refractivity contribution in [1.82, 2.24) is 15.1 Å². The molecule has 7 nitrogen and oxygen atoms in total. The molecular formula is C22H39N3O4. The van der Waals surface area contributed by atoms with Gasteiger partial charge in [0.25, 0.3) is 0 Å².